The maximum absolute atomic E-state index is 3.60. The molecule has 0 aromatic rings. The zero-order valence-corrected chi connectivity index (χ0v) is 9.45. The predicted molar refractivity (Wildman–Crippen MR) is 65.0 cm³/mol. The molecule has 0 radical (unpaired) electrons. The molecule has 2 aliphatic heterocycles. The first-order valence-electron chi connectivity index (χ1n) is 6.44. The van der Waals surface area contributed by atoms with Crippen LogP contribution in [0.4, 0.5) is 0 Å². The van der Waals surface area contributed by atoms with Crippen molar-refractivity contribution in [3.8, 4) is 0 Å². The Balaban J connectivity index is 1.85. The molecule has 2 heterocycles. The molecule has 0 aromatic carbocycles. The van der Waals surface area contributed by atoms with E-state index in [-0.39, 0.29) is 0 Å². The molecule has 0 spiro atoms. The van der Waals surface area contributed by atoms with Crippen LogP contribution < -0.4 is 10.6 Å². The van der Waals surface area contributed by atoms with Gasteiger partial charge in [-0.15, -0.1) is 0 Å². The predicted octanol–water partition coefficient (Wildman–Crippen LogP) is 1.09. The fourth-order valence-electron chi connectivity index (χ4n) is 4.15. The van der Waals surface area contributed by atoms with E-state index in [0.717, 1.165) is 24.3 Å². The number of rotatable bonds is 0. The molecule has 16 heavy (non-hydrogen) atoms. The highest BCUT2D eigenvalue weighted by molar-refractivity contribution is 5.43. The molecule has 4 atom stereocenters. The van der Waals surface area contributed by atoms with Crippen LogP contribution in [0.15, 0.2) is 35.5 Å². The lowest BCUT2D eigenvalue weighted by molar-refractivity contribution is 0.269. The highest BCUT2D eigenvalue weighted by Gasteiger charge is 2.46. The van der Waals surface area contributed by atoms with E-state index in [1.165, 1.54) is 19.6 Å². The van der Waals surface area contributed by atoms with Crippen molar-refractivity contribution in [3.63, 3.8) is 0 Å². The van der Waals surface area contributed by atoms with Crippen LogP contribution in [0, 0.1) is 23.7 Å². The van der Waals surface area contributed by atoms with Gasteiger partial charge in [0.25, 0.3) is 0 Å². The van der Waals surface area contributed by atoms with Crippen LogP contribution in [0.25, 0.3) is 0 Å². The van der Waals surface area contributed by atoms with Crippen LogP contribution in [0.1, 0.15) is 0 Å². The molecule has 2 N–H and O–H groups in total. The van der Waals surface area contributed by atoms with Crippen LogP contribution >= 0.6 is 0 Å². The molecular weight excluding hydrogens is 196 g/mol. The molecule has 84 valence electrons. The molecule has 4 unspecified atom stereocenters. The second-order valence-electron chi connectivity index (χ2n) is 5.47. The van der Waals surface area contributed by atoms with Gasteiger partial charge in [0.05, 0.1) is 0 Å². The number of hydrogen-bond acceptors (Lipinski definition) is 2. The van der Waals surface area contributed by atoms with Gasteiger partial charge in [0.1, 0.15) is 0 Å². The third-order valence-corrected chi connectivity index (χ3v) is 4.85. The van der Waals surface area contributed by atoms with Crippen molar-refractivity contribution in [2.45, 2.75) is 0 Å². The van der Waals surface area contributed by atoms with E-state index >= 15 is 0 Å². The molecule has 2 fully saturated rings. The van der Waals surface area contributed by atoms with E-state index in [1.807, 2.05) is 0 Å². The summed E-state index contributed by atoms with van der Waals surface area (Å²) in [4.78, 5) is 0. The summed E-state index contributed by atoms with van der Waals surface area (Å²) in [5.74, 6) is 3.21. The quantitative estimate of drug-likeness (QED) is 0.631. The van der Waals surface area contributed by atoms with Gasteiger partial charge in [0.2, 0.25) is 0 Å². The average molecular weight is 214 g/mol. The topological polar surface area (TPSA) is 24.1 Å². The Morgan fingerprint density at radius 1 is 1.00 bits per heavy atom. The van der Waals surface area contributed by atoms with Gasteiger partial charge in [0, 0.05) is 19.0 Å². The van der Waals surface area contributed by atoms with Crippen molar-refractivity contribution < 1.29 is 0 Å². The lowest BCUT2D eigenvalue weighted by Crippen LogP contribution is -2.35. The normalized spacial score (nSPS) is 44.5. The van der Waals surface area contributed by atoms with Crippen molar-refractivity contribution in [2.24, 2.45) is 23.7 Å². The summed E-state index contributed by atoms with van der Waals surface area (Å²) in [5.41, 5.74) is 3.33. The molecule has 4 aliphatic rings. The molecule has 0 amide bonds. The van der Waals surface area contributed by atoms with Crippen molar-refractivity contribution in [3.05, 3.63) is 35.5 Å². The maximum Gasteiger partial charge on any atom is 0.0174 e. The van der Waals surface area contributed by atoms with Crippen LogP contribution in [0.3, 0.4) is 0 Å². The highest BCUT2D eigenvalue weighted by atomic mass is 15.0. The Labute approximate surface area is 96.5 Å². The molecule has 0 bridgehead atoms. The highest BCUT2D eigenvalue weighted by Crippen LogP contribution is 2.47. The summed E-state index contributed by atoms with van der Waals surface area (Å²) >= 11 is 0. The van der Waals surface area contributed by atoms with Gasteiger partial charge in [-0.2, -0.15) is 0 Å². The van der Waals surface area contributed by atoms with Crippen molar-refractivity contribution in [2.75, 3.05) is 26.2 Å². The molecular formula is C14H18N2. The molecule has 4 rings (SSSR count). The number of allylic oxidation sites excluding steroid dienone is 5. The summed E-state index contributed by atoms with van der Waals surface area (Å²) in [5, 5.41) is 7.16. The van der Waals surface area contributed by atoms with Gasteiger partial charge in [-0.05, 0) is 42.0 Å². The molecule has 2 nitrogen and oxygen atoms in total. The van der Waals surface area contributed by atoms with E-state index in [9.17, 15) is 0 Å². The van der Waals surface area contributed by atoms with Gasteiger partial charge in [-0.1, -0.05) is 24.3 Å². The van der Waals surface area contributed by atoms with E-state index in [4.69, 9.17) is 0 Å². The Kier molecular flexibility index (Phi) is 1.91. The van der Waals surface area contributed by atoms with Gasteiger partial charge in [-0.3, -0.25) is 0 Å². The summed E-state index contributed by atoms with van der Waals surface area (Å²) in [6.45, 7) is 4.76. The van der Waals surface area contributed by atoms with Crippen molar-refractivity contribution in [1.29, 1.82) is 0 Å². The van der Waals surface area contributed by atoms with Gasteiger partial charge >= 0.3 is 0 Å². The third-order valence-electron chi connectivity index (χ3n) is 4.85. The number of nitrogens with one attached hydrogen (secondary N) is 2. The molecule has 2 aliphatic carbocycles. The third kappa shape index (κ3) is 1.09. The molecule has 2 heteroatoms. The maximum atomic E-state index is 3.60. The van der Waals surface area contributed by atoms with Crippen LogP contribution in [-0.4, -0.2) is 26.2 Å². The minimum absolute atomic E-state index is 0.691. The SMILES string of the molecule is C1=CC2=C3CNCC3C3CNCC3C2C=C1. The zero-order chi connectivity index (χ0) is 10.5. The van der Waals surface area contributed by atoms with Gasteiger partial charge in [0.15, 0.2) is 0 Å². The lowest BCUT2D eigenvalue weighted by atomic mass is 9.65. The van der Waals surface area contributed by atoms with Crippen molar-refractivity contribution in [1.82, 2.24) is 10.6 Å². The largest absolute Gasteiger partial charge is 0.316 e. The monoisotopic (exact) mass is 214 g/mol. The second-order valence-corrected chi connectivity index (χ2v) is 5.47. The van der Waals surface area contributed by atoms with Crippen molar-refractivity contribution >= 4 is 0 Å². The summed E-state index contributed by atoms with van der Waals surface area (Å²) in [6.07, 6.45) is 9.21. The first kappa shape index (κ1) is 9.20. The van der Waals surface area contributed by atoms with E-state index < -0.39 is 0 Å². The van der Waals surface area contributed by atoms with E-state index in [1.54, 1.807) is 11.1 Å². The summed E-state index contributed by atoms with van der Waals surface area (Å²) < 4.78 is 0. The first-order chi connectivity index (χ1) is 7.95. The van der Waals surface area contributed by atoms with Crippen LogP contribution in [-0.2, 0) is 0 Å². The smallest absolute Gasteiger partial charge is 0.0174 e. The van der Waals surface area contributed by atoms with Gasteiger partial charge < -0.3 is 10.6 Å². The summed E-state index contributed by atoms with van der Waals surface area (Å²) in [6, 6.07) is 0. The second kappa shape index (κ2) is 3.31. The Bertz CT molecular complexity index is 405. The fraction of sp³-hybridized carbons (Fsp3) is 0.571. The van der Waals surface area contributed by atoms with Crippen LogP contribution in [0.5, 0.6) is 0 Å². The van der Waals surface area contributed by atoms with E-state index in [0.29, 0.717) is 5.92 Å². The molecule has 0 saturated carbocycles. The minimum atomic E-state index is 0.691. The minimum Gasteiger partial charge on any atom is -0.316 e. The Morgan fingerprint density at radius 3 is 2.94 bits per heavy atom. The number of hydrogen-bond donors (Lipinski definition) is 2. The Morgan fingerprint density at radius 2 is 1.94 bits per heavy atom. The first-order valence-corrected chi connectivity index (χ1v) is 6.44. The standard InChI is InChI=1S/C14H18N2/c1-2-4-10-9(3-1)11-5-15-7-13(11)14-8-16-6-12(10)14/h1-4,9,11,13-16H,5-8H2. The zero-order valence-electron chi connectivity index (χ0n) is 9.45. The fourth-order valence-corrected chi connectivity index (χ4v) is 4.15. The average Bonchev–Trinajstić information content (AvgIpc) is 2.98. The Hall–Kier alpha value is -0.860. The van der Waals surface area contributed by atoms with E-state index in [2.05, 4.69) is 34.9 Å². The summed E-state index contributed by atoms with van der Waals surface area (Å²) in [7, 11) is 0. The number of fused-ring (bicyclic) bond motifs is 5. The van der Waals surface area contributed by atoms with Crippen LogP contribution in [0.2, 0.25) is 0 Å². The van der Waals surface area contributed by atoms with Gasteiger partial charge in [-0.25, -0.2) is 0 Å². The molecule has 0 aromatic heterocycles. The molecule has 2 saturated heterocycles. The lowest BCUT2D eigenvalue weighted by Gasteiger charge is -2.38.